The van der Waals surface area contributed by atoms with E-state index in [-0.39, 0.29) is 23.6 Å². The van der Waals surface area contributed by atoms with E-state index in [0.717, 1.165) is 25.7 Å². The molecule has 2 amide bonds. The molecule has 0 bridgehead atoms. The summed E-state index contributed by atoms with van der Waals surface area (Å²) >= 11 is 0. The fraction of sp³-hybridized carbons (Fsp3) is 0.391. The number of benzene rings is 2. The fourth-order valence-electron chi connectivity index (χ4n) is 3.63. The number of nitrogens with one attached hydrogen (secondary N) is 1. The lowest BCUT2D eigenvalue weighted by Crippen LogP contribution is -2.39. The zero-order valence-electron chi connectivity index (χ0n) is 16.9. The maximum atomic E-state index is 14.0. The number of likely N-dealkylation sites (tertiary alicyclic amines) is 1. The standard InChI is InChI=1S/C23H25FN2O4/c1-29-21-11-6-16(13-20(21)24)23(28)26-12-2-3-18(26)14-30-19-9-4-15(5-10-19)22(27)25-17-7-8-17/h4-6,9-11,13,17-18H,2-3,7-8,12,14H2,1H3,(H,25,27)/t18-/m1/s1. The number of hydrogen-bond acceptors (Lipinski definition) is 4. The van der Waals surface area contributed by atoms with Gasteiger partial charge < -0.3 is 19.7 Å². The minimum atomic E-state index is -0.554. The molecular weight excluding hydrogens is 387 g/mol. The van der Waals surface area contributed by atoms with Crippen LogP contribution in [0.15, 0.2) is 42.5 Å². The van der Waals surface area contributed by atoms with E-state index in [9.17, 15) is 14.0 Å². The van der Waals surface area contributed by atoms with Crippen molar-refractivity contribution in [1.82, 2.24) is 10.2 Å². The number of rotatable bonds is 7. The number of amides is 2. The highest BCUT2D eigenvalue weighted by Crippen LogP contribution is 2.24. The van der Waals surface area contributed by atoms with Crippen molar-refractivity contribution in [3.63, 3.8) is 0 Å². The Balaban J connectivity index is 1.35. The van der Waals surface area contributed by atoms with Gasteiger partial charge in [0.1, 0.15) is 12.4 Å². The van der Waals surface area contributed by atoms with E-state index in [1.54, 1.807) is 35.2 Å². The summed E-state index contributed by atoms with van der Waals surface area (Å²) < 4.78 is 24.8. The zero-order valence-corrected chi connectivity index (χ0v) is 16.9. The second-order valence-electron chi connectivity index (χ2n) is 7.73. The fourth-order valence-corrected chi connectivity index (χ4v) is 3.63. The summed E-state index contributed by atoms with van der Waals surface area (Å²) in [6.07, 6.45) is 3.80. The van der Waals surface area contributed by atoms with Crippen molar-refractivity contribution < 1.29 is 23.5 Å². The molecule has 158 valence electrons. The molecule has 1 atom stereocenters. The lowest BCUT2D eigenvalue weighted by molar-refractivity contribution is 0.0690. The molecule has 7 heteroatoms. The van der Waals surface area contributed by atoms with Gasteiger partial charge in [-0.3, -0.25) is 9.59 Å². The number of nitrogens with zero attached hydrogens (tertiary/aromatic N) is 1. The van der Waals surface area contributed by atoms with E-state index in [1.807, 2.05) is 0 Å². The van der Waals surface area contributed by atoms with Gasteiger partial charge in [-0.1, -0.05) is 0 Å². The molecule has 1 saturated heterocycles. The first-order valence-corrected chi connectivity index (χ1v) is 10.2. The van der Waals surface area contributed by atoms with Gasteiger partial charge in [-0.05, 0) is 68.1 Å². The second-order valence-corrected chi connectivity index (χ2v) is 7.73. The van der Waals surface area contributed by atoms with Crippen LogP contribution in [0, 0.1) is 5.82 Å². The molecule has 0 spiro atoms. The van der Waals surface area contributed by atoms with Crippen molar-refractivity contribution in [2.75, 3.05) is 20.3 Å². The van der Waals surface area contributed by atoms with Crippen LogP contribution >= 0.6 is 0 Å². The number of methoxy groups -OCH3 is 1. The molecule has 2 aliphatic rings. The molecule has 1 heterocycles. The van der Waals surface area contributed by atoms with Crippen LogP contribution in [0.5, 0.6) is 11.5 Å². The van der Waals surface area contributed by atoms with Crippen LogP contribution in [0.25, 0.3) is 0 Å². The average Bonchev–Trinajstić information content (AvgIpc) is 3.45. The second kappa shape index (κ2) is 8.73. The van der Waals surface area contributed by atoms with Crippen LogP contribution in [0.4, 0.5) is 4.39 Å². The van der Waals surface area contributed by atoms with Crippen molar-refractivity contribution in [2.24, 2.45) is 0 Å². The summed E-state index contributed by atoms with van der Waals surface area (Å²) in [4.78, 5) is 26.6. The van der Waals surface area contributed by atoms with Crippen LogP contribution in [0.1, 0.15) is 46.4 Å². The van der Waals surface area contributed by atoms with Gasteiger partial charge in [0.15, 0.2) is 11.6 Å². The van der Waals surface area contributed by atoms with Gasteiger partial charge in [-0.25, -0.2) is 4.39 Å². The first-order chi connectivity index (χ1) is 14.5. The maximum Gasteiger partial charge on any atom is 0.254 e. The van der Waals surface area contributed by atoms with Crippen LogP contribution in [-0.4, -0.2) is 49.1 Å². The third-order valence-corrected chi connectivity index (χ3v) is 5.51. The Hall–Kier alpha value is -3.09. The SMILES string of the molecule is COc1ccc(C(=O)N2CCC[C@@H]2COc2ccc(C(=O)NC3CC3)cc2)cc1F. The highest BCUT2D eigenvalue weighted by molar-refractivity contribution is 5.95. The normalized spacial score (nSPS) is 18.2. The highest BCUT2D eigenvalue weighted by Gasteiger charge is 2.30. The summed E-state index contributed by atoms with van der Waals surface area (Å²) in [6, 6.07) is 11.5. The highest BCUT2D eigenvalue weighted by atomic mass is 19.1. The number of carbonyl (C=O) groups is 2. The molecule has 2 aromatic carbocycles. The third kappa shape index (κ3) is 4.56. The van der Waals surface area contributed by atoms with Crippen LogP contribution in [0.2, 0.25) is 0 Å². The molecule has 0 unspecified atom stereocenters. The molecule has 0 radical (unpaired) electrons. The Morgan fingerprint density at radius 3 is 2.50 bits per heavy atom. The predicted octanol–water partition coefficient (Wildman–Crippen LogP) is 3.41. The lowest BCUT2D eigenvalue weighted by atomic mass is 10.1. The van der Waals surface area contributed by atoms with Gasteiger partial charge in [-0.2, -0.15) is 0 Å². The van der Waals surface area contributed by atoms with E-state index in [4.69, 9.17) is 9.47 Å². The molecule has 4 rings (SSSR count). The molecule has 30 heavy (non-hydrogen) atoms. The van der Waals surface area contributed by atoms with Crippen molar-refractivity contribution in [2.45, 2.75) is 37.8 Å². The third-order valence-electron chi connectivity index (χ3n) is 5.51. The van der Waals surface area contributed by atoms with E-state index in [0.29, 0.717) is 36.1 Å². The van der Waals surface area contributed by atoms with E-state index in [1.165, 1.54) is 19.2 Å². The predicted molar refractivity (Wildman–Crippen MR) is 109 cm³/mol. The number of carbonyl (C=O) groups excluding carboxylic acids is 2. The van der Waals surface area contributed by atoms with Crippen LogP contribution in [-0.2, 0) is 0 Å². The number of halogens is 1. The van der Waals surface area contributed by atoms with Gasteiger partial charge in [0.25, 0.3) is 11.8 Å². The van der Waals surface area contributed by atoms with Gasteiger partial charge in [0.05, 0.1) is 13.2 Å². The lowest BCUT2D eigenvalue weighted by Gasteiger charge is -2.25. The van der Waals surface area contributed by atoms with E-state index >= 15 is 0 Å². The maximum absolute atomic E-state index is 14.0. The van der Waals surface area contributed by atoms with E-state index < -0.39 is 5.82 Å². The Morgan fingerprint density at radius 1 is 1.10 bits per heavy atom. The van der Waals surface area contributed by atoms with E-state index in [2.05, 4.69) is 5.32 Å². The van der Waals surface area contributed by atoms with Gasteiger partial charge in [0, 0.05) is 23.7 Å². The summed E-state index contributed by atoms with van der Waals surface area (Å²) in [5.74, 6) is -0.0749. The Kier molecular flexibility index (Phi) is 5.88. The van der Waals surface area contributed by atoms with Gasteiger partial charge >= 0.3 is 0 Å². The molecule has 1 N–H and O–H groups in total. The number of ether oxygens (including phenoxy) is 2. The molecule has 2 fully saturated rings. The van der Waals surface area contributed by atoms with Crippen molar-refractivity contribution in [3.05, 3.63) is 59.4 Å². The molecule has 1 aliphatic carbocycles. The Bertz CT molecular complexity index is 927. The topological polar surface area (TPSA) is 67.9 Å². The molecular formula is C23H25FN2O4. The largest absolute Gasteiger partial charge is 0.494 e. The van der Waals surface area contributed by atoms with Crippen molar-refractivity contribution >= 4 is 11.8 Å². The summed E-state index contributed by atoms with van der Waals surface area (Å²) in [5, 5.41) is 2.95. The average molecular weight is 412 g/mol. The first-order valence-electron chi connectivity index (χ1n) is 10.2. The van der Waals surface area contributed by atoms with Gasteiger partial charge in [0.2, 0.25) is 0 Å². The van der Waals surface area contributed by atoms with Gasteiger partial charge in [-0.15, -0.1) is 0 Å². The van der Waals surface area contributed by atoms with Crippen LogP contribution in [0.3, 0.4) is 0 Å². The minimum Gasteiger partial charge on any atom is -0.494 e. The van der Waals surface area contributed by atoms with Crippen molar-refractivity contribution in [3.8, 4) is 11.5 Å². The quantitative estimate of drug-likeness (QED) is 0.757. The summed E-state index contributed by atoms with van der Waals surface area (Å²) in [5.41, 5.74) is 0.902. The summed E-state index contributed by atoms with van der Waals surface area (Å²) in [6.45, 7) is 0.957. The molecule has 1 saturated carbocycles. The van der Waals surface area contributed by atoms with Crippen LogP contribution < -0.4 is 14.8 Å². The number of hydrogen-bond donors (Lipinski definition) is 1. The smallest absolute Gasteiger partial charge is 0.254 e. The Labute approximate surface area is 175 Å². The minimum absolute atomic E-state index is 0.0664. The monoisotopic (exact) mass is 412 g/mol. The zero-order chi connectivity index (χ0) is 21.1. The first kappa shape index (κ1) is 20.2. The Morgan fingerprint density at radius 2 is 1.83 bits per heavy atom. The molecule has 1 aliphatic heterocycles. The summed E-state index contributed by atoms with van der Waals surface area (Å²) in [7, 11) is 1.39. The molecule has 0 aromatic heterocycles. The molecule has 6 nitrogen and oxygen atoms in total. The van der Waals surface area contributed by atoms with Crippen molar-refractivity contribution in [1.29, 1.82) is 0 Å². The molecule has 2 aromatic rings.